The van der Waals surface area contributed by atoms with Crippen LogP contribution in [0, 0.1) is 0 Å². The normalized spacial score (nSPS) is 10.2. The van der Waals surface area contributed by atoms with Crippen molar-refractivity contribution in [1.29, 1.82) is 0 Å². The first-order valence-corrected chi connectivity index (χ1v) is 7.59. The van der Waals surface area contributed by atoms with E-state index in [1.54, 1.807) is 12.1 Å². The van der Waals surface area contributed by atoms with Gasteiger partial charge >= 0.3 is 5.97 Å². The fourth-order valence-electron chi connectivity index (χ4n) is 2.11. The highest BCUT2D eigenvalue weighted by Gasteiger charge is 2.12. The van der Waals surface area contributed by atoms with E-state index in [0.717, 1.165) is 19.3 Å². The number of methoxy groups -OCH3 is 1. The highest BCUT2D eigenvalue weighted by atomic mass is 16.5. The highest BCUT2D eigenvalue weighted by molar-refractivity contribution is 6.03. The first kappa shape index (κ1) is 16.7. The Balaban J connectivity index is 2.05. The second-order valence-corrected chi connectivity index (χ2v) is 5.15. The van der Waals surface area contributed by atoms with E-state index in [1.807, 2.05) is 24.3 Å². The molecule has 0 bridgehead atoms. The molecule has 1 aromatic carbocycles. The monoisotopic (exact) mass is 312 g/mol. The van der Waals surface area contributed by atoms with Gasteiger partial charge in [-0.3, -0.25) is 4.79 Å². The molecule has 0 spiro atoms. The van der Waals surface area contributed by atoms with Gasteiger partial charge in [0, 0.05) is 5.69 Å². The number of hydrogen-bond acceptors (Lipinski definition) is 4. The Morgan fingerprint density at radius 1 is 1.09 bits per heavy atom. The molecule has 1 aromatic heterocycles. The molecule has 5 heteroatoms. The summed E-state index contributed by atoms with van der Waals surface area (Å²) in [7, 11) is 1.27. The van der Waals surface area contributed by atoms with Crippen molar-refractivity contribution >= 4 is 17.6 Å². The number of ether oxygens (including phenoxy) is 1. The maximum Gasteiger partial charge on any atom is 0.356 e. The molecule has 0 saturated carbocycles. The van der Waals surface area contributed by atoms with Crippen molar-refractivity contribution < 1.29 is 14.3 Å². The average Bonchev–Trinajstić information content (AvgIpc) is 2.60. The highest BCUT2D eigenvalue weighted by Crippen LogP contribution is 2.13. The van der Waals surface area contributed by atoms with Gasteiger partial charge in [-0.25, -0.2) is 9.78 Å². The number of amides is 1. The second-order valence-electron chi connectivity index (χ2n) is 5.15. The Hall–Kier alpha value is -2.69. The average molecular weight is 312 g/mol. The van der Waals surface area contributed by atoms with E-state index in [0.29, 0.717) is 5.69 Å². The lowest BCUT2D eigenvalue weighted by molar-refractivity contribution is 0.0594. The van der Waals surface area contributed by atoms with Crippen molar-refractivity contribution in [2.24, 2.45) is 0 Å². The second kappa shape index (κ2) is 8.08. The van der Waals surface area contributed by atoms with E-state index in [4.69, 9.17) is 0 Å². The third-order valence-electron chi connectivity index (χ3n) is 3.41. The minimum Gasteiger partial charge on any atom is -0.464 e. The lowest BCUT2D eigenvalue weighted by Gasteiger charge is -2.07. The summed E-state index contributed by atoms with van der Waals surface area (Å²) in [6.45, 7) is 2.16. The predicted octanol–water partition coefficient (Wildman–Crippen LogP) is 3.46. The van der Waals surface area contributed by atoms with Crippen LogP contribution >= 0.6 is 0 Å². The molecule has 0 saturated heterocycles. The van der Waals surface area contributed by atoms with E-state index in [2.05, 4.69) is 22.0 Å². The molecule has 23 heavy (non-hydrogen) atoms. The fourth-order valence-corrected chi connectivity index (χ4v) is 2.11. The molecule has 1 heterocycles. The summed E-state index contributed by atoms with van der Waals surface area (Å²) in [5, 5.41) is 2.77. The van der Waals surface area contributed by atoms with Gasteiger partial charge < -0.3 is 10.1 Å². The first-order chi connectivity index (χ1) is 11.1. The van der Waals surface area contributed by atoms with Gasteiger partial charge in [-0.2, -0.15) is 0 Å². The Morgan fingerprint density at radius 3 is 2.43 bits per heavy atom. The Bertz CT molecular complexity index is 681. The maximum atomic E-state index is 12.2. The fraction of sp³-hybridized carbons (Fsp3) is 0.278. The maximum absolute atomic E-state index is 12.2. The minimum atomic E-state index is -0.570. The van der Waals surface area contributed by atoms with Crippen molar-refractivity contribution in [3.63, 3.8) is 0 Å². The number of benzene rings is 1. The molecule has 1 N–H and O–H groups in total. The number of carbonyl (C=O) groups excluding carboxylic acids is 2. The molecule has 1 amide bonds. The zero-order valence-corrected chi connectivity index (χ0v) is 13.3. The Labute approximate surface area is 135 Å². The summed E-state index contributed by atoms with van der Waals surface area (Å²) in [5.41, 5.74) is 2.22. The summed E-state index contributed by atoms with van der Waals surface area (Å²) >= 11 is 0. The number of aryl methyl sites for hydroxylation is 1. The van der Waals surface area contributed by atoms with Crippen molar-refractivity contribution in [2.45, 2.75) is 26.2 Å². The molecule has 0 radical (unpaired) electrons. The smallest absolute Gasteiger partial charge is 0.356 e. The van der Waals surface area contributed by atoms with Crippen LogP contribution in [0.3, 0.4) is 0 Å². The van der Waals surface area contributed by atoms with Crippen LogP contribution in [0.15, 0.2) is 42.5 Å². The van der Waals surface area contributed by atoms with Gasteiger partial charge in [0.1, 0.15) is 11.4 Å². The number of nitrogens with zero attached hydrogens (tertiary/aromatic N) is 1. The SMILES string of the molecule is CCCCc1ccc(NC(=O)c2cccc(C(=O)OC)n2)cc1. The number of nitrogens with one attached hydrogen (secondary N) is 1. The van der Waals surface area contributed by atoms with Crippen LogP contribution in [0.5, 0.6) is 0 Å². The molecule has 5 nitrogen and oxygen atoms in total. The Kier molecular flexibility index (Phi) is 5.86. The van der Waals surface area contributed by atoms with Crippen LogP contribution in [0.2, 0.25) is 0 Å². The van der Waals surface area contributed by atoms with Crippen molar-refractivity contribution in [3.8, 4) is 0 Å². The molecule has 0 atom stereocenters. The molecular formula is C18H20N2O3. The quantitative estimate of drug-likeness (QED) is 0.829. The summed E-state index contributed by atoms with van der Waals surface area (Å²) in [6, 6.07) is 12.4. The summed E-state index contributed by atoms with van der Waals surface area (Å²) < 4.78 is 4.60. The topological polar surface area (TPSA) is 68.3 Å². The van der Waals surface area contributed by atoms with Crippen molar-refractivity contribution in [1.82, 2.24) is 4.98 Å². The number of rotatable bonds is 6. The van der Waals surface area contributed by atoms with Crippen LogP contribution < -0.4 is 5.32 Å². The van der Waals surface area contributed by atoms with Crippen LogP contribution in [-0.4, -0.2) is 24.0 Å². The number of anilines is 1. The van der Waals surface area contributed by atoms with E-state index >= 15 is 0 Å². The summed E-state index contributed by atoms with van der Waals surface area (Å²) in [4.78, 5) is 27.7. The molecule has 2 aromatic rings. The zero-order chi connectivity index (χ0) is 16.7. The van der Waals surface area contributed by atoms with E-state index < -0.39 is 5.97 Å². The van der Waals surface area contributed by atoms with E-state index in [-0.39, 0.29) is 17.3 Å². The first-order valence-electron chi connectivity index (χ1n) is 7.59. The molecular weight excluding hydrogens is 292 g/mol. The van der Waals surface area contributed by atoms with Gasteiger partial charge in [0.05, 0.1) is 7.11 Å². The van der Waals surface area contributed by atoms with Gasteiger partial charge in [0.15, 0.2) is 0 Å². The van der Waals surface area contributed by atoms with E-state index in [9.17, 15) is 9.59 Å². The standard InChI is InChI=1S/C18H20N2O3/c1-3-4-6-13-9-11-14(12-10-13)19-17(21)15-7-5-8-16(20-15)18(22)23-2/h5,7-12H,3-4,6H2,1-2H3,(H,19,21). The molecule has 120 valence electrons. The number of esters is 1. The Morgan fingerprint density at radius 2 is 1.78 bits per heavy atom. The van der Waals surface area contributed by atoms with Gasteiger partial charge in [-0.15, -0.1) is 0 Å². The molecule has 0 aliphatic heterocycles. The number of hydrogen-bond donors (Lipinski definition) is 1. The van der Waals surface area contributed by atoms with Crippen LogP contribution in [0.1, 0.15) is 46.3 Å². The summed E-state index contributed by atoms with van der Waals surface area (Å²) in [5.74, 6) is -0.933. The number of unbranched alkanes of at least 4 members (excludes halogenated alkanes) is 1. The van der Waals surface area contributed by atoms with E-state index in [1.165, 1.54) is 18.7 Å². The van der Waals surface area contributed by atoms with Gasteiger partial charge in [-0.1, -0.05) is 31.5 Å². The third-order valence-corrected chi connectivity index (χ3v) is 3.41. The third kappa shape index (κ3) is 4.64. The van der Waals surface area contributed by atoms with Crippen molar-refractivity contribution in [2.75, 3.05) is 12.4 Å². The zero-order valence-electron chi connectivity index (χ0n) is 13.3. The van der Waals surface area contributed by atoms with Crippen molar-refractivity contribution in [3.05, 3.63) is 59.4 Å². The van der Waals surface area contributed by atoms with Gasteiger partial charge in [-0.05, 0) is 42.7 Å². The molecule has 0 aliphatic rings. The van der Waals surface area contributed by atoms with Crippen LogP contribution in [-0.2, 0) is 11.2 Å². The lowest BCUT2D eigenvalue weighted by atomic mass is 10.1. The summed E-state index contributed by atoms with van der Waals surface area (Å²) in [6.07, 6.45) is 3.34. The largest absolute Gasteiger partial charge is 0.464 e. The van der Waals surface area contributed by atoms with Crippen LogP contribution in [0.4, 0.5) is 5.69 Å². The van der Waals surface area contributed by atoms with Crippen LogP contribution in [0.25, 0.3) is 0 Å². The molecule has 0 unspecified atom stereocenters. The number of aromatic nitrogens is 1. The molecule has 0 aliphatic carbocycles. The molecule has 2 rings (SSSR count). The molecule has 0 fully saturated rings. The van der Waals surface area contributed by atoms with Gasteiger partial charge in [0.2, 0.25) is 0 Å². The lowest BCUT2D eigenvalue weighted by Crippen LogP contribution is -2.16. The predicted molar refractivity (Wildman–Crippen MR) is 88.6 cm³/mol. The minimum absolute atomic E-state index is 0.107. The number of carbonyl (C=O) groups is 2. The number of pyridine rings is 1. The van der Waals surface area contributed by atoms with Gasteiger partial charge in [0.25, 0.3) is 5.91 Å².